The Morgan fingerprint density at radius 1 is 1.29 bits per heavy atom. The standard InChI is InChI=1S/C21H23ClN4O3S2/c1-25-12-10-23-20(25)19(15-6-8-17(22)9-7-15)24-21(27)16-4-2-11-26(14-16)31(28,29)18-5-3-13-30-18/h3,5-10,12-13,16,19H,2,4,11,14H2,1H3,(H,24,27). The Balaban J connectivity index is 1.54. The molecule has 0 spiro atoms. The van der Waals surface area contributed by atoms with Gasteiger partial charge < -0.3 is 9.88 Å². The predicted octanol–water partition coefficient (Wildman–Crippen LogP) is 3.44. The topological polar surface area (TPSA) is 84.3 Å². The molecule has 1 aliphatic heterocycles. The van der Waals surface area contributed by atoms with Crippen molar-refractivity contribution in [3.63, 3.8) is 0 Å². The van der Waals surface area contributed by atoms with Crippen molar-refractivity contribution >= 4 is 38.9 Å². The van der Waals surface area contributed by atoms with Crippen molar-refractivity contribution in [3.8, 4) is 0 Å². The van der Waals surface area contributed by atoms with Crippen LogP contribution in [0, 0.1) is 5.92 Å². The highest BCUT2D eigenvalue weighted by atomic mass is 35.5. The van der Waals surface area contributed by atoms with E-state index in [1.54, 1.807) is 35.8 Å². The van der Waals surface area contributed by atoms with Gasteiger partial charge in [0.05, 0.1) is 5.92 Å². The number of carbonyl (C=O) groups excluding carboxylic acids is 1. The summed E-state index contributed by atoms with van der Waals surface area (Å²) in [6, 6.07) is 10.1. The van der Waals surface area contributed by atoms with Crippen LogP contribution in [0.5, 0.6) is 0 Å². The molecule has 10 heteroatoms. The predicted molar refractivity (Wildman–Crippen MR) is 120 cm³/mol. The molecule has 2 atom stereocenters. The fourth-order valence-corrected chi connectivity index (χ4v) is 6.57. The van der Waals surface area contributed by atoms with E-state index in [-0.39, 0.29) is 12.5 Å². The second kappa shape index (κ2) is 9.12. The SMILES string of the molecule is Cn1ccnc1C(NC(=O)C1CCCN(S(=O)(=O)c2cccs2)C1)c1ccc(Cl)cc1. The Morgan fingerprint density at radius 2 is 2.06 bits per heavy atom. The van der Waals surface area contributed by atoms with Crippen molar-refractivity contribution in [2.24, 2.45) is 13.0 Å². The van der Waals surface area contributed by atoms with Gasteiger partial charge in [0.25, 0.3) is 10.0 Å². The van der Waals surface area contributed by atoms with Crippen LogP contribution in [0.25, 0.3) is 0 Å². The van der Waals surface area contributed by atoms with Gasteiger partial charge in [-0.1, -0.05) is 29.8 Å². The number of thiophene rings is 1. The summed E-state index contributed by atoms with van der Waals surface area (Å²) in [6.45, 7) is 0.587. The van der Waals surface area contributed by atoms with Crippen LogP contribution in [0.4, 0.5) is 0 Å². The van der Waals surface area contributed by atoms with Crippen LogP contribution in [0.1, 0.15) is 30.3 Å². The number of aryl methyl sites for hydroxylation is 1. The van der Waals surface area contributed by atoms with Gasteiger partial charge in [-0.2, -0.15) is 4.31 Å². The maximum absolute atomic E-state index is 13.2. The average Bonchev–Trinajstić information content (AvgIpc) is 3.45. The lowest BCUT2D eigenvalue weighted by Gasteiger charge is -2.32. The van der Waals surface area contributed by atoms with Crippen LogP contribution in [-0.2, 0) is 21.9 Å². The van der Waals surface area contributed by atoms with E-state index >= 15 is 0 Å². The normalized spacial score (nSPS) is 18.6. The Bertz CT molecular complexity index is 1140. The lowest BCUT2D eigenvalue weighted by atomic mass is 9.97. The fourth-order valence-electron chi connectivity index (χ4n) is 3.78. The van der Waals surface area contributed by atoms with Crippen molar-refractivity contribution < 1.29 is 13.2 Å². The van der Waals surface area contributed by atoms with E-state index in [1.807, 2.05) is 29.9 Å². The molecule has 1 amide bonds. The number of aromatic nitrogens is 2. The van der Waals surface area contributed by atoms with Crippen LogP contribution in [-0.4, -0.2) is 41.3 Å². The van der Waals surface area contributed by atoms with E-state index in [0.717, 1.165) is 5.56 Å². The first-order valence-corrected chi connectivity index (χ1v) is 12.6. The lowest BCUT2D eigenvalue weighted by molar-refractivity contribution is -0.126. The Kier molecular flexibility index (Phi) is 6.47. The highest BCUT2D eigenvalue weighted by Crippen LogP contribution is 2.28. The third-order valence-corrected chi connectivity index (χ3v) is 8.94. The molecule has 1 saturated heterocycles. The molecule has 0 saturated carbocycles. The zero-order valence-electron chi connectivity index (χ0n) is 16.9. The molecule has 7 nitrogen and oxygen atoms in total. The average molecular weight is 479 g/mol. The number of carbonyl (C=O) groups is 1. The van der Waals surface area contributed by atoms with Gasteiger partial charge in [0.15, 0.2) is 0 Å². The summed E-state index contributed by atoms with van der Waals surface area (Å²) in [6.07, 6.45) is 4.77. The molecule has 0 aliphatic carbocycles. The van der Waals surface area contributed by atoms with Crippen molar-refractivity contribution in [3.05, 3.63) is 70.6 Å². The number of imidazole rings is 1. The van der Waals surface area contributed by atoms with Gasteiger partial charge >= 0.3 is 0 Å². The number of nitrogens with zero attached hydrogens (tertiary/aromatic N) is 3. The minimum absolute atomic E-state index is 0.167. The van der Waals surface area contributed by atoms with Crippen molar-refractivity contribution in [2.45, 2.75) is 23.1 Å². The molecule has 0 radical (unpaired) electrons. The number of benzene rings is 1. The summed E-state index contributed by atoms with van der Waals surface area (Å²) in [5.74, 6) is 0.0714. The number of hydrogen-bond donors (Lipinski definition) is 1. The summed E-state index contributed by atoms with van der Waals surface area (Å²) < 4.78 is 29.4. The molecule has 1 N–H and O–H groups in total. The highest BCUT2D eigenvalue weighted by Gasteiger charge is 2.35. The lowest BCUT2D eigenvalue weighted by Crippen LogP contribution is -2.46. The third-order valence-electron chi connectivity index (χ3n) is 5.45. The van der Waals surface area contributed by atoms with Gasteiger partial charge in [0.1, 0.15) is 16.1 Å². The minimum atomic E-state index is -3.58. The second-order valence-corrected chi connectivity index (χ2v) is 11.1. The Labute approximate surface area is 190 Å². The van der Waals surface area contributed by atoms with Crippen LogP contribution in [0.3, 0.4) is 0 Å². The van der Waals surface area contributed by atoms with Crippen LogP contribution in [0.15, 0.2) is 58.4 Å². The van der Waals surface area contributed by atoms with Crippen molar-refractivity contribution in [2.75, 3.05) is 13.1 Å². The van der Waals surface area contributed by atoms with E-state index < -0.39 is 22.0 Å². The van der Waals surface area contributed by atoms with Crippen molar-refractivity contribution in [1.29, 1.82) is 0 Å². The maximum atomic E-state index is 13.2. The molecule has 3 aromatic rings. The first kappa shape index (κ1) is 22.0. The van der Waals surface area contributed by atoms with Crippen molar-refractivity contribution in [1.82, 2.24) is 19.2 Å². The van der Waals surface area contributed by atoms with Crippen LogP contribution < -0.4 is 5.32 Å². The summed E-state index contributed by atoms with van der Waals surface area (Å²) >= 11 is 7.22. The maximum Gasteiger partial charge on any atom is 0.252 e. The number of piperidine rings is 1. The molecular weight excluding hydrogens is 456 g/mol. The van der Waals surface area contributed by atoms with Gasteiger partial charge in [-0.3, -0.25) is 4.79 Å². The van der Waals surface area contributed by atoms with Gasteiger partial charge in [0.2, 0.25) is 5.91 Å². The van der Waals surface area contributed by atoms with E-state index in [4.69, 9.17) is 11.6 Å². The number of amides is 1. The number of sulfonamides is 1. The second-order valence-electron chi connectivity index (χ2n) is 7.52. The molecule has 1 aliphatic rings. The molecule has 0 bridgehead atoms. The quantitative estimate of drug-likeness (QED) is 0.588. The molecule has 1 fully saturated rings. The van der Waals surface area contributed by atoms with E-state index in [9.17, 15) is 13.2 Å². The molecular formula is C21H23ClN4O3S2. The van der Waals surface area contributed by atoms with Gasteiger partial charge in [-0.15, -0.1) is 11.3 Å². The number of hydrogen-bond acceptors (Lipinski definition) is 5. The molecule has 4 rings (SSSR count). The third kappa shape index (κ3) is 4.69. The fraction of sp³-hybridized carbons (Fsp3) is 0.333. The van der Waals surface area contributed by atoms with Crippen LogP contribution >= 0.6 is 22.9 Å². The van der Waals surface area contributed by atoms with Gasteiger partial charge in [-0.25, -0.2) is 13.4 Å². The van der Waals surface area contributed by atoms with Gasteiger partial charge in [-0.05, 0) is 42.0 Å². The zero-order valence-corrected chi connectivity index (χ0v) is 19.3. The monoisotopic (exact) mass is 478 g/mol. The van der Waals surface area contributed by atoms with E-state index in [0.29, 0.717) is 34.4 Å². The molecule has 31 heavy (non-hydrogen) atoms. The summed E-state index contributed by atoms with van der Waals surface area (Å²) in [7, 11) is -1.71. The molecule has 1 aromatic carbocycles. The highest BCUT2D eigenvalue weighted by molar-refractivity contribution is 7.91. The number of rotatable bonds is 6. The van der Waals surface area contributed by atoms with Crippen LogP contribution in [0.2, 0.25) is 5.02 Å². The number of nitrogens with one attached hydrogen (secondary N) is 1. The zero-order chi connectivity index (χ0) is 22.0. The summed E-state index contributed by atoms with van der Waals surface area (Å²) in [4.78, 5) is 17.6. The molecule has 164 valence electrons. The minimum Gasteiger partial charge on any atom is -0.342 e. The first-order chi connectivity index (χ1) is 14.9. The first-order valence-electron chi connectivity index (χ1n) is 9.93. The Morgan fingerprint density at radius 3 is 2.71 bits per heavy atom. The molecule has 2 unspecified atom stereocenters. The molecule has 3 heterocycles. The summed E-state index contributed by atoms with van der Waals surface area (Å²) in [5.41, 5.74) is 0.853. The van der Waals surface area contributed by atoms with E-state index in [2.05, 4.69) is 10.3 Å². The summed E-state index contributed by atoms with van der Waals surface area (Å²) in [5, 5.41) is 5.44. The molecule has 2 aromatic heterocycles. The van der Waals surface area contributed by atoms with Gasteiger partial charge in [0, 0.05) is 37.6 Å². The smallest absolute Gasteiger partial charge is 0.252 e. The van der Waals surface area contributed by atoms with E-state index in [1.165, 1.54) is 15.6 Å². The Hall–Kier alpha value is -2.20. The number of halogens is 1. The largest absolute Gasteiger partial charge is 0.342 e.